The molecule has 1 fully saturated rings. The summed E-state index contributed by atoms with van der Waals surface area (Å²) in [7, 11) is 0. The lowest BCUT2D eigenvalue weighted by Crippen LogP contribution is -2.11. The highest BCUT2D eigenvalue weighted by molar-refractivity contribution is 6.36. The molecule has 152 valence electrons. The first-order valence-corrected chi connectivity index (χ1v) is 10.2. The van der Waals surface area contributed by atoms with Crippen LogP contribution < -0.4 is 0 Å². The Morgan fingerprint density at radius 1 is 1.30 bits per heavy atom. The average Bonchev–Trinajstić information content (AvgIpc) is 3.27. The van der Waals surface area contributed by atoms with Crippen LogP contribution >= 0.6 is 23.2 Å². The lowest BCUT2D eigenvalue weighted by Gasteiger charge is -2.18. The predicted octanol–water partition coefficient (Wildman–Crippen LogP) is 5.58. The number of carboxylic acid groups (broad SMARTS) is 1. The number of fused-ring (bicyclic) bond motifs is 1. The Labute approximate surface area is 181 Å². The van der Waals surface area contributed by atoms with E-state index in [9.17, 15) is 4.79 Å². The summed E-state index contributed by atoms with van der Waals surface area (Å²) in [6.45, 7) is 1.97. The number of carboxylic acids is 1. The predicted molar refractivity (Wildman–Crippen MR) is 112 cm³/mol. The molecule has 30 heavy (non-hydrogen) atoms. The van der Waals surface area contributed by atoms with Gasteiger partial charge in [-0.25, -0.2) is 9.48 Å². The molecule has 0 spiro atoms. The Morgan fingerprint density at radius 3 is 2.80 bits per heavy atom. The summed E-state index contributed by atoms with van der Waals surface area (Å²) in [5, 5.41) is 18.9. The van der Waals surface area contributed by atoms with Crippen LogP contribution in [0.25, 0.3) is 22.3 Å². The maximum Gasteiger partial charge on any atom is 0.371 e. The number of halogens is 2. The zero-order chi connectivity index (χ0) is 21.0. The number of pyridine rings is 1. The van der Waals surface area contributed by atoms with Crippen LogP contribution in [0.3, 0.4) is 0 Å². The number of aromatic nitrogens is 4. The summed E-state index contributed by atoms with van der Waals surface area (Å²) in [4.78, 5) is 15.5. The highest BCUT2D eigenvalue weighted by Gasteiger charge is 2.29. The van der Waals surface area contributed by atoms with Crippen LogP contribution in [0.15, 0.2) is 41.1 Å². The van der Waals surface area contributed by atoms with Crippen molar-refractivity contribution in [3.05, 3.63) is 63.7 Å². The second-order valence-corrected chi connectivity index (χ2v) is 8.20. The van der Waals surface area contributed by atoms with Gasteiger partial charge in [-0.3, -0.25) is 4.98 Å². The lowest BCUT2D eigenvalue weighted by atomic mass is 10.0. The normalized spacial score (nSPS) is 14.9. The topological polar surface area (TPSA) is 94.0 Å². The molecule has 0 unspecified atom stereocenters. The maximum absolute atomic E-state index is 11.1. The van der Waals surface area contributed by atoms with Crippen LogP contribution in [0.2, 0.25) is 10.0 Å². The number of hydrogen-bond acceptors (Lipinski definition) is 5. The molecule has 1 saturated carbocycles. The molecule has 3 aromatic heterocycles. The third kappa shape index (κ3) is 3.14. The van der Waals surface area contributed by atoms with Crippen molar-refractivity contribution in [3.8, 4) is 11.3 Å². The van der Waals surface area contributed by atoms with E-state index in [0.29, 0.717) is 32.7 Å². The van der Waals surface area contributed by atoms with Gasteiger partial charge < -0.3 is 9.52 Å². The summed E-state index contributed by atoms with van der Waals surface area (Å²) < 4.78 is 6.83. The fourth-order valence-electron chi connectivity index (χ4n) is 3.67. The second-order valence-electron chi connectivity index (χ2n) is 7.41. The maximum atomic E-state index is 11.1. The number of aromatic carboxylic acids is 1. The SMILES string of the molecule is C[C@H](c1c(Cl)ccc(C2CC2)c1Cl)n1nnc2cnc(-c3coc(C(=O)O)c3)cc21. The minimum Gasteiger partial charge on any atom is -0.475 e. The Morgan fingerprint density at radius 2 is 2.10 bits per heavy atom. The Kier molecular flexibility index (Phi) is 4.52. The average molecular weight is 443 g/mol. The summed E-state index contributed by atoms with van der Waals surface area (Å²) in [6, 6.07) is 6.86. The molecule has 1 atom stereocenters. The number of furan rings is 1. The Hall–Kier alpha value is -2.90. The molecular formula is C21H16Cl2N4O3. The van der Waals surface area contributed by atoms with Crippen LogP contribution in [0.1, 0.15) is 53.4 Å². The lowest BCUT2D eigenvalue weighted by molar-refractivity contribution is 0.0662. The van der Waals surface area contributed by atoms with Gasteiger partial charge in [0.05, 0.1) is 28.5 Å². The summed E-state index contributed by atoms with van der Waals surface area (Å²) in [5.74, 6) is -0.793. The third-order valence-electron chi connectivity index (χ3n) is 5.42. The summed E-state index contributed by atoms with van der Waals surface area (Å²) in [6.07, 6.45) is 5.24. The molecule has 9 heteroatoms. The molecule has 5 rings (SSSR count). The van der Waals surface area contributed by atoms with Gasteiger partial charge in [0, 0.05) is 22.2 Å². The van der Waals surface area contributed by atoms with E-state index in [4.69, 9.17) is 32.7 Å². The van der Waals surface area contributed by atoms with E-state index in [1.807, 2.05) is 19.1 Å². The van der Waals surface area contributed by atoms with E-state index in [1.54, 1.807) is 16.9 Å². The second kappa shape index (κ2) is 7.11. The van der Waals surface area contributed by atoms with Gasteiger partial charge >= 0.3 is 5.97 Å². The van der Waals surface area contributed by atoms with Crippen molar-refractivity contribution >= 4 is 40.2 Å². The molecule has 0 amide bonds. The van der Waals surface area contributed by atoms with Crippen LogP contribution in [0.5, 0.6) is 0 Å². The van der Waals surface area contributed by atoms with E-state index in [2.05, 4.69) is 15.3 Å². The molecular weight excluding hydrogens is 427 g/mol. The largest absolute Gasteiger partial charge is 0.475 e. The number of nitrogens with zero attached hydrogens (tertiary/aromatic N) is 4. The fourth-order valence-corrected chi connectivity index (χ4v) is 4.51. The minimum atomic E-state index is -1.14. The van der Waals surface area contributed by atoms with Gasteiger partial charge in [-0.2, -0.15) is 0 Å². The van der Waals surface area contributed by atoms with Crippen LogP contribution in [-0.4, -0.2) is 31.1 Å². The molecule has 1 aliphatic carbocycles. The summed E-state index contributed by atoms with van der Waals surface area (Å²) in [5.41, 5.74) is 4.38. The number of benzene rings is 1. The minimum absolute atomic E-state index is 0.151. The van der Waals surface area contributed by atoms with Gasteiger partial charge in [0.15, 0.2) is 0 Å². The van der Waals surface area contributed by atoms with E-state index >= 15 is 0 Å². The van der Waals surface area contributed by atoms with Gasteiger partial charge in [-0.15, -0.1) is 5.10 Å². The Balaban J connectivity index is 1.59. The van der Waals surface area contributed by atoms with Crippen LogP contribution in [-0.2, 0) is 0 Å². The molecule has 1 aromatic carbocycles. The molecule has 4 aromatic rings. The zero-order valence-corrected chi connectivity index (χ0v) is 17.4. The molecule has 0 radical (unpaired) electrons. The van der Waals surface area contributed by atoms with Gasteiger partial charge in [0.25, 0.3) is 0 Å². The number of hydrogen-bond donors (Lipinski definition) is 1. The van der Waals surface area contributed by atoms with Crippen molar-refractivity contribution < 1.29 is 14.3 Å². The molecule has 0 aliphatic heterocycles. The standard InChI is InChI=1S/C21H16Cl2N4O3/c1-10(19-14(22)5-4-13(20(19)23)11-2-3-11)27-17-7-15(24-8-16(17)25-26-27)12-6-18(21(28)29)30-9-12/h4-11H,2-3H2,1H3,(H,28,29)/t10-/m1/s1. The third-order valence-corrected chi connectivity index (χ3v) is 6.17. The highest BCUT2D eigenvalue weighted by Crippen LogP contribution is 2.47. The van der Waals surface area contributed by atoms with Gasteiger partial charge in [0.1, 0.15) is 11.8 Å². The smallest absolute Gasteiger partial charge is 0.371 e. The molecule has 0 saturated heterocycles. The van der Waals surface area contributed by atoms with Gasteiger partial charge in [0.2, 0.25) is 5.76 Å². The zero-order valence-electron chi connectivity index (χ0n) is 15.8. The van der Waals surface area contributed by atoms with Crippen LogP contribution in [0, 0.1) is 0 Å². The molecule has 0 bridgehead atoms. The van der Waals surface area contributed by atoms with E-state index < -0.39 is 5.97 Å². The van der Waals surface area contributed by atoms with Crippen LogP contribution in [0.4, 0.5) is 0 Å². The molecule has 7 nitrogen and oxygen atoms in total. The van der Waals surface area contributed by atoms with Crippen molar-refractivity contribution in [1.29, 1.82) is 0 Å². The van der Waals surface area contributed by atoms with Crippen molar-refractivity contribution in [3.63, 3.8) is 0 Å². The fraction of sp³-hybridized carbons (Fsp3) is 0.238. The summed E-state index contributed by atoms with van der Waals surface area (Å²) >= 11 is 13.3. The monoisotopic (exact) mass is 442 g/mol. The van der Waals surface area contributed by atoms with Crippen molar-refractivity contribution in [2.45, 2.75) is 31.7 Å². The first-order chi connectivity index (χ1) is 14.4. The molecule has 1 N–H and O–H groups in total. The van der Waals surface area contributed by atoms with E-state index in [1.165, 1.54) is 12.3 Å². The van der Waals surface area contributed by atoms with Crippen molar-refractivity contribution in [2.75, 3.05) is 0 Å². The molecule has 1 aliphatic rings. The van der Waals surface area contributed by atoms with Gasteiger partial charge in [-0.05, 0) is 43.4 Å². The first kappa shape index (κ1) is 19.1. The van der Waals surface area contributed by atoms with Gasteiger partial charge in [-0.1, -0.05) is 34.5 Å². The quantitative estimate of drug-likeness (QED) is 0.433. The first-order valence-electron chi connectivity index (χ1n) is 9.45. The number of rotatable bonds is 5. The Bertz CT molecular complexity index is 1290. The molecule has 3 heterocycles. The number of carbonyl (C=O) groups is 1. The highest BCUT2D eigenvalue weighted by atomic mass is 35.5. The van der Waals surface area contributed by atoms with E-state index in [0.717, 1.165) is 29.5 Å². The van der Waals surface area contributed by atoms with Crippen molar-refractivity contribution in [1.82, 2.24) is 20.0 Å². The van der Waals surface area contributed by atoms with Crippen molar-refractivity contribution in [2.24, 2.45) is 0 Å². The van der Waals surface area contributed by atoms with E-state index in [-0.39, 0.29) is 11.8 Å².